The van der Waals surface area contributed by atoms with E-state index in [0.717, 1.165) is 41.7 Å². The summed E-state index contributed by atoms with van der Waals surface area (Å²) in [6.07, 6.45) is 9.07. The van der Waals surface area contributed by atoms with Gasteiger partial charge in [-0.3, -0.25) is 9.78 Å². The summed E-state index contributed by atoms with van der Waals surface area (Å²) in [5.41, 5.74) is 3.92. The van der Waals surface area contributed by atoms with E-state index < -0.39 is 5.97 Å². The normalized spacial score (nSPS) is 21.7. The van der Waals surface area contributed by atoms with Crippen molar-refractivity contribution in [3.63, 3.8) is 0 Å². The van der Waals surface area contributed by atoms with E-state index in [2.05, 4.69) is 29.3 Å². The Hall–Kier alpha value is -2.75. The third-order valence-electron chi connectivity index (χ3n) is 4.71. The van der Waals surface area contributed by atoms with Gasteiger partial charge in [-0.15, -0.1) is 0 Å². The van der Waals surface area contributed by atoms with E-state index in [4.69, 9.17) is 5.11 Å². The predicted octanol–water partition coefficient (Wildman–Crippen LogP) is 5.35. The molecule has 1 unspecified atom stereocenters. The molecule has 0 spiro atoms. The Morgan fingerprint density at radius 2 is 2.00 bits per heavy atom. The molecule has 0 aliphatic heterocycles. The first-order valence-corrected chi connectivity index (χ1v) is 8.94. The quantitative estimate of drug-likeness (QED) is 0.790. The first kappa shape index (κ1) is 18.1. The van der Waals surface area contributed by atoms with Crippen LogP contribution in [0.1, 0.15) is 43.4 Å². The van der Waals surface area contributed by atoms with Crippen molar-refractivity contribution in [3.8, 4) is 0 Å². The van der Waals surface area contributed by atoms with E-state index in [1.807, 2.05) is 18.2 Å². The maximum atomic E-state index is 13.2. The summed E-state index contributed by atoms with van der Waals surface area (Å²) >= 11 is 0. The molecule has 2 aromatic rings. The Balaban J connectivity index is 2.01. The first-order chi connectivity index (χ1) is 12.6. The van der Waals surface area contributed by atoms with Gasteiger partial charge in [0.15, 0.2) is 0 Å². The number of hydrogen-bond donors (Lipinski definition) is 1. The number of carboxylic acid groups (broad SMARTS) is 1. The topological polar surface area (TPSA) is 50.2 Å². The lowest BCUT2D eigenvalue weighted by Gasteiger charge is -2.23. The zero-order valence-electron chi connectivity index (χ0n) is 14.6. The van der Waals surface area contributed by atoms with Gasteiger partial charge in [-0.2, -0.15) is 0 Å². The number of aliphatic carboxylic acids is 1. The molecule has 1 aliphatic carbocycles. The molecule has 0 saturated carbocycles. The molecule has 0 fully saturated rings. The zero-order valence-corrected chi connectivity index (χ0v) is 14.6. The minimum Gasteiger partial charge on any atom is -0.481 e. The number of nitrogens with zero attached hydrogens (tertiary/aromatic N) is 1. The number of benzene rings is 1. The van der Waals surface area contributed by atoms with E-state index in [0.29, 0.717) is 6.42 Å². The number of rotatable bonds is 5. The van der Waals surface area contributed by atoms with E-state index in [1.54, 1.807) is 6.07 Å². The molecule has 3 nitrogen and oxygen atoms in total. The van der Waals surface area contributed by atoms with Gasteiger partial charge in [-0.05, 0) is 66.5 Å². The highest BCUT2D eigenvalue weighted by Gasteiger charge is 2.19. The number of carbonyl (C=O) groups is 1. The van der Waals surface area contributed by atoms with Crippen LogP contribution in [0.2, 0.25) is 0 Å². The highest BCUT2D eigenvalue weighted by atomic mass is 19.1. The second kappa shape index (κ2) is 8.56. The predicted molar refractivity (Wildman–Crippen MR) is 101 cm³/mol. The zero-order chi connectivity index (χ0) is 18.4. The molecule has 1 heterocycles. The molecule has 0 radical (unpaired) electrons. The smallest absolute Gasteiger partial charge is 0.303 e. The maximum Gasteiger partial charge on any atom is 0.303 e. The molecule has 0 bridgehead atoms. The van der Waals surface area contributed by atoms with Crippen molar-refractivity contribution in [2.24, 2.45) is 5.92 Å². The number of hydrogen-bond acceptors (Lipinski definition) is 2. The Bertz CT molecular complexity index is 810. The molecular weight excluding hydrogens is 329 g/mol. The third-order valence-corrected chi connectivity index (χ3v) is 4.71. The van der Waals surface area contributed by atoms with Crippen molar-refractivity contribution in [2.45, 2.75) is 32.1 Å². The molecule has 1 aliphatic rings. The number of carboxylic acids is 1. The summed E-state index contributed by atoms with van der Waals surface area (Å²) in [4.78, 5) is 15.3. The molecule has 1 aromatic heterocycles. The van der Waals surface area contributed by atoms with Crippen LogP contribution in [-0.4, -0.2) is 16.1 Å². The molecule has 1 N–H and O–H groups in total. The van der Waals surface area contributed by atoms with Crippen LogP contribution in [0.25, 0.3) is 11.1 Å². The van der Waals surface area contributed by atoms with Crippen molar-refractivity contribution in [3.05, 3.63) is 77.9 Å². The number of allylic oxidation sites excluding steroid dienone is 4. The monoisotopic (exact) mass is 351 g/mol. The van der Waals surface area contributed by atoms with Crippen LogP contribution in [-0.2, 0) is 4.79 Å². The molecule has 0 saturated heterocycles. The van der Waals surface area contributed by atoms with Crippen LogP contribution in [0.15, 0.2) is 60.8 Å². The van der Waals surface area contributed by atoms with E-state index in [-0.39, 0.29) is 18.2 Å². The molecule has 26 heavy (non-hydrogen) atoms. The highest BCUT2D eigenvalue weighted by Crippen LogP contribution is 2.35. The second-order valence-corrected chi connectivity index (χ2v) is 6.55. The van der Waals surface area contributed by atoms with Gasteiger partial charge in [0.25, 0.3) is 0 Å². The van der Waals surface area contributed by atoms with Crippen molar-refractivity contribution in [2.75, 3.05) is 0 Å². The van der Waals surface area contributed by atoms with Crippen LogP contribution in [0.3, 0.4) is 0 Å². The third kappa shape index (κ3) is 4.66. The van der Waals surface area contributed by atoms with E-state index in [1.165, 1.54) is 12.3 Å². The molecular formula is C22H22FNO2. The average Bonchev–Trinajstić information content (AvgIpc) is 2.63. The van der Waals surface area contributed by atoms with Crippen molar-refractivity contribution < 1.29 is 14.3 Å². The van der Waals surface area contributed by atoms with Gasteiger partial charge in [-0.25, -0.2) is 4.39 Å². The molecule has 1 aromatic carbocycles. The van der Waals surface area contributed by atoms with Gasteiger partial charge in [0.2, 0.25) is 0 Å². The summed E-state index contributed by atoms with van der Waals surface area (Å²) in [5, 5.41) is 9.11. The van der Waals surface area contributed by atoms with Crippen LogP contribution in [0.5, 0.6) is 0 Å². The largest absolute Gasteiger partial charge is 0.481 e. The lowest BCUT2D eigenvalue weighted by Crippen LogP contribution is -2.09. The number of pyridine rings is 1. The Kier molecular flexibility index (Phi) is 5.95. The fraction of sp³-hybridized carbons (Fsp3) is 0.273. The van der Waals surface area contributed by atoms with Crippen LogP contribution < -0.4 is 0 Å². The lowest BCUT2D eigenvalue weighted by atomic mass is 9.82. The Morgan fingerprint density at radius 3 is 2.69 bits per heavy atom. The molecule has 3 rings (SSSR count). The minimum atomic E-state index is -0.768. The lowest BCUT2D eigenvalue weighted by molar-refractivity contribution is -0.137. The molecule has 4 heteroatoms. The molecule has 1 atom stereocenters. The standard InChI is InChI=1S/C22H22FNO2/c23-19-11-12-21(24-15-19)18-9-5-4-8-17(10-13-22(25)26)20(14-18)16-6-2-1-3-7-16/h1-3,6-7,9,11-12,14-15,17H,4-5,8,10,13H2,(H,25,26)/b18-9+,20-14-. The minimum absolute atomic E-state index is 0.155. The average molecular weight is 351 g/mol. The van der Waals surface area contributed by atoms with Gasteiger partial charge in [0, 0.05) is 6.42 Å². The summed E-state index contributed by atoms with van der Waals surface area (Å²) in [7, 11) is 0. The van der Waals surface area contributed by atoms with Gasteiger partial charge in [-0.1, -0.05) is 36.4 Å². The number of halogens is 1. The first-order valence-electron chi connectivity index (χ1n) is 8.94. The van der Waals surface area contributed by atoms with Crippen molar-refractivity contribution >= 4 is 17.1 Å². The van der Waals surface area contributed by atoms with Gasteiger partial charge >= 0.3 is 5.97 Å². The van der Waals surface area contributed by atoms with Gasteiger partial charge in [0.05, 0.1) is 11.9 Å². The van der Waals surface area contributed by atoms with Crippen LogP contribution in [0.4, 0.5) is 4.39 Å². The summed E-state index contributed by atoms with van der Waals surface area (Å²) in [5.74, 6) is -0.945. The van der Waals surface area contributed by atoms with Gasteiger partial charge in [0.1, 0.15) is 5.82 Å². The van der Waals surface area contributed by atoms with Crippen LogP contribution >= 0.6 is 0 Å². The summed E-state index contributed by atoms with van der Waals surface area (Å²) in [6, 6.07) is 13.2. The van der Waals surface area contributed by atoms with Crippen LogP contribution in [0, 0.1) is 11.7 Å². The van der Waals surface area contributed by atoms with Crippen molar-refractivity contribution in [1.82, 2.24) is 4.98 Å². The summed E-state index contributed by atoms with van der Waals surface area (Å²) < 4.78 is 13.2. The molecule has 134 valence electrons. The van der Waals surface area contributed by atoms with E-state index in [9.17, 15) is 9.18 Å². The Labute approximate surface area is 152 Å². The SMILES string of the molecule is O=C(O)CCC1CCC/C=C(c2ccc(F)cn2)\C=C/1c1ccccc1. The van der Waals surface area contributed by atoms with Gasteiger partial charge < -0.3 is 5.11 Å². The Morgan fingerprint density at radius 1 is 1.19 bits per heavy atom. The highest BCUT2D eigenvalue weighted by molar-refractivity contribution is 5.84. The fourth-order valence-electron chi connectivity index (χ4n) is 3.39. The van der Waals surface area contributed by atoms with Crippen molar-refractivity contribution in [1.29, 1.82) is 0 Å². The van der Waals surface area contributed by atoms with E-state index >= 15 is 0 Å². The summed E-state index contributed by atoms with van der Waals surface area (Å²) in [6.45, 7) is 0. The number of aromatic nitrogens is 1. The fourth-order valence-corrected chi connectivity index (χ4v) is 3.39. The maximum absolute atomic E-state index is 13.2. The second-order valence-electron chi connectivity index (χ2n) is 6.55. The molecule has 0 amide bonds.